The van der Waals surface area contributed by atoms with Crippen LogP contribution in [0, 0.1) is 0 Å². The molecule has 1 rings (SSSR count). The minimum atomic E-state index is -0.289. The predicted octanol–water partition coefficient (Wildman–Crippen LogP) is 1.45. The summed E-state index contributed by atoms with van der Waals surface area (Å²) in [5.41, 5.74) is 0. The van der Waals surface area contributed by atoms with Crippen LogP contribution < -0.4 is 0 Å². The van der Waals surface area contributed by atoms with Gasteiger partial charge in [-0.1, -0.05) is 0 Å². The van der Waals surface area contributed by atoms with Gasteiger partial charge in [-0.15, -0.1) is 0 Å². The fourth-order valence-corrected chi connectivity index (χ4v) is 1.21. The van der Waals surface area contributed by atoms with Gasteiger partial charge >= 0.3 is 0 Å². The molecule has 0 N–H and O–H groups in total. The average Bonchev–Trinajstić information content (AvgIpc) is 1.81. The van der Waals surface area contributed by atoms with Crippen LogP contribution in [0.1, 0.15) is 27.7 Å². The maximum Gasteiger partial charge on any atom is 0.161 e. The summed E-state index contributed by atoms with van der Waals surface area (Å²) in [5.74, 6) is 0. The number of hydrogen-bond donors (Lipinski definition) is 0. The van der Waals surface area contributed by atoms with Crippen molar-refractivity contribution in [3.63, 3.8) is 0 Å². The molecule has 0 aromatic carbocycles. The van der Waals surface area contributed by atoms with Gasteiger partial charge in [0.1, 0.15) is 0 Å². The largest absolute Gasteiger partial charge is 0.324 e. The van der Waals surface area contributed by atoms with Crippen LogP contribution in [0.5, 0.6) is 0 Å². The molecule has 1 aliphatic rings. The quantitative estimate of drug-likeness (QED) is 0.630. The molecule has 14 heavy (non-hydrogen) atoms. The monoisotopic (exact) mass is 333 g/mol. The van der Waals surface area contributed by atoms with E-state index in [9.17, 15) is 0 Å². The molecule has 0 aliphatic carbocycles. The van der Waals surface area contributed by atoms with Gasteiger partial charge in [0.2, 0.25) is 0 Å². The molecule has 1 fully saturated rings. The first-order chi connectivity index (χ1) is 5.58. The zero-order chi connectivity index (χ0) is 9.14. The van der Waals surface area contributed by atoms with Gasteiger partial charge in [-0.2, -0.15) is 0 Å². The van der Waals surface area contributed by atoms with Crippen LogP contribution in [0.4, 0.5) is 0 Å². The third kappa shape index (κ3) is 6.51. The van der Waals surface area contributed by atoms with Crippen LogP contribution in [-0.2, 0) is 56.8 Å². The Morgan fingerprint density at radius 3 is 0.857 bits per heavy atom. The van der Waals surface area contributed by atoms with Gasteiger partial charge < -0.3 is 18.9 Å². The molecule has 0 aromatic heterocycles. The van der Waals surface area contributed by atoms with E-state index in [1.165, 1.54) is 0 Å². The second-order valence-corrected chi connectivity index (χ2v) is 2.81. The van der Waals surface area contributed by atoms with E-state index >= 15 is 0 Å². The first-order valence-electron chi connectivity index (χ1n) is 4.20. The molecule has 1 heterocycles. The molecule has 0 spiro atoms. The van der Waals surface area contributed by atoms with Crippen molar-refractivity contribution >= 4 is 0 Å². The summed E-state index contributed by atoms with van der Waals surface area (Å²) in [4.78, 5) is 0. The summed E-state index contributed by atoms with van der Waals surface area (Å²) in [6.07, 6.45) is -1.16. The predicted molar refractivity (Wildman–Crippen MR) is 42.2 cm³/mol. The van der Waals surface area contributed by atoms with Crippen molar-refractivity contribution in [3.05, 3.63) is 0 Å². The molecular formula is C8H16CoMoO4. The van der Waals surface area contributed by atoms with Crippen molar-refractivity contribution in [1.29, 1.82) is 0 Å². The van der Waals surface area contributed by atoms with Gasteiger partial charge in [0.05, 0.1) is 0 Å². The number of rotatable bonds is 0. The van der Waals surface area contributed by atoms with Crippen molar-refractivity contribution in [1.82, 2.24) is 0 Å². The maximum atomic E-state index is 5.31. The van der Waals surface area contributed by atoms with E-state index in [0.717, 1.165) is 0 Å². The van der Waals surface area contributed by atoms with Crippen LogP contribution in [0.25, 0.3) is 0 Å². The van der Waals surface area contributed by atoms with Crippen molar-refractivity contribution in [2.45, 2.75) is 52.9 Å². The minimum Gasteiger partial charge on any atom is -0.324 e. The molecule has 0 aromatic rings. The second-order valence-electron chi connectivity index (χ2n) is 2.81. The molecule has 0 saturated carbocycles. The molecule has 6 heteroatoms. The topological polar surface area (TPSA) is 36.9 Å². The molecule has 1 saturated heterocycles. The van der Waals surface area contributed by atoms with Crippen LogP contribution in [0.2, 0.25) is 0 Å². The van der Waals surface area contributed by atoms with Crippen molar-refractivity contribution < 1.29 is 56.8 Å². The molecule has 0 amide bonds. The van der Waals surface area contributed by atoms with Crippen LogP contribution >= 0.6 is 0 Å². The van der Waals surface area contributed by atoms with E-state index in [-0.39, 0.29) is 63.0 Å². The Kier molecular flexibility index (Phi) is 10.2. The van der Waals surface area contributed by atoms with E-state index in [0.29, 0.717) is 0 Å². The van der Waals surface area contributed by atoms with Gasteiger partial charge in [-0.05, 0) is 27.7 Å². The van der Waals surface area contributed by atoms with E-state index in [1.807, 2.05) is 27.7 Å². The second kappa shape index (κ2) is 8.22. The first-order valence-corrected chi connectivity index (χ1v) is 4.20. The van der Waals surface area contributed by atoms with Gasteiger partial charge in [0.25, 0.3) is 0 Å². The van der Waals surface area contributed by atoms with E-state index in [4.69, 9.17) is 18.9 Å². The van der Waals surface area contributed by atoms with Gasteiger partial charge in [-0.25, -0.2) is 0 Å². The minimum absolute atomic E-state index is 0. The summed E-state index contributed by atoms with van der Waals surface area (Å²) in [5, 5.41) is 0. The van der Waals surface area contributed by atoms with Crippen molar-refractivity contribution in [2.75, 3.05) is 0 Å². The molecule has 87 valence electrons. The zero-order valence-corrected chi connectivity index (χ0v) is 11.7. The van der Waals surface area contributed by atoms with E-state index < -0.39 is 0 Å². The summed E-state index contributed by atoms with van der Waals surface area (Å²) in [7, 11) is 0. The maximum absolute atomic E-state index is 5.31. The van der Waals surface area contributed by atoms with Crippen LogP contribution in [0.3, 0.4) is 0 Å². The zero-order valence-electron chi connectivity index (χ0n) is 8.68. The third-order valence-electron chi connectivity index (χ3n) is 1.53. The Balaban J connectivity index is 0. The van der Waals surface area contributed by atoms with Gasteiger partial charge in [-0.3, -0.25) is 0 Å². The molecule has 1 radical (unpaired) electrons. The Hall–Kier alpha value is 1.03. The summed E-state index contributed by atoms with van der Waals surface area (Å²) in [6, 6.07) is 0. The summed E-state index contributed by atoms with van der Waals surface area (Å²) >= 11 is 0. The Labute approximate surface area is 109 Å². The smallest absolute Gasteiger partial charge is 0.161 e. The third-order valence-corrected chi connectivity index (χ3v) is 1.53. The Morgan fingerprint density at radius 1 is 0.571 bits per heavy atom. The van der Waals surface area contributed by atoms with Crippen molar-refractivity contribution in [3.8, 4) is 0 Å². The van der Waals surface area contributed by atoms with Crippen LogP contribution in [0.15, 0.2) is 0 Å². The molecule has 0 atom stereocenters. The fraction of sp³-hybridized carbons (Fsp3) is 1.00. The first kappa shape index (κ1) is 17.4. The van der Waals surface area contributed by atoms with E-state index in [2.05, 4.69) is 0 Å². The fourth-order valence-electron chi connectivity index (χ4n) is 1.21. The van der Waals surface area contributed by atoms with Gasteiger partial charge in [0.15, 0.2) is 25.2 Å². The molecule has 0 unspecified atom stereocenters. The van der Waals surface area contributed by atoms with Crippen LogP contribution in [-0.4, -0.2) is 25.2 Å². The molecule has 1 aliphatic heterocycles. The summed E-state index contributed by atoms with van der Waals surface area (Å²) < 4.78 is 21.2. The van der Waals surface area contributed by atoms with E-state index in [1.54, 1.807) is 0 Å². The number of ether oxygens (including phenoxy) is 4. The average molecular weight is 331 g/mol. The SMILES string of the molecule is CC1OC(C)OC(C)OC(C)O1.[Co].[Mo]. The van der Waals surface area contributed by atoms with Crippen molar-refractivity contribution in [2.24, 2.45) is 0 Å². The Morgan fingerprint density at radius 2 is 0.714 bits per heavy atom. The summed E-state index contributed by atoms with van der Waals surface area (Å²) in [6.45, 7) is 7.26. The normalized spacial score (nSPS) is 38.6. The molecule has 0 bridgehead atoms. The standard InChI is InChI=1S/C8H16O4.Co.Mo/c1-5-9-6(2)11-8(4)12-7(3)10-5;;/h5-8H,1-4H3;;. The molecule has 4 nitrogen and oxygen atoms in total. The number of hydrogen-bond acceptors (Lipinski definition) is 4. The van der Waals surface area contributed by atoms with Gasteiger partial charge in [0, 0.05) is 37.8 Å². The Bertz CT molecular complexity index is 109. The molecular weight excluding hydrogens is 315 g/mol.